The molecule has 1 aromatic carbocycles. The van der Waals surface area contributed by atoms with Crippen molar-refractivity contribution in [3.63, 3.8) is 0 Å². The summed E-state index contributed by atoms with van der Waals surface area (Å²) in [4.78, 5) is 23.6. The molecule has 3 amide bonds. The van der Waals surface area contributed by atoms with Crippen LogP contribution in [0.1, 0.15) is 30.0 Å². The highest BCUT2D eigenvalue weighted by Crippen LogP contribution is 2.21. The quantitative estimate of drug-likeness (QED) is 0.748. The maximum Gasteiger partial charge on any atom is 0.319 e. The molecule has 1 unspecified atom stereocenters. The van der Waals surface area contributed by atoms with Gasteiger partial charge in [0.15, 0.2) is 0 Å². The summed E-state index contributed by atoms with van der Waals surface area (Å²) in [6.45, 7) is 5.63. The second-order valence-corrected chi connectivity index (χ2v) is 5.75. The number of hydrogen-bond acceptors (Lipinski definition) is 4. The minimum absolute atomic E-state index is 0.00675. The molecule has 0 aliphatic carbocycles. The van der Waals surface area contributed by atoms with Gasteiger partial charge in [-0.05, 0) is 51.1 Å². The third kappa shape index (κ3) is 5.36. The van der Waals surface area contributed by atoms with Crippen LogP contribution in [0.4, 0.5) is 16.2 Å². The molecule has 2 aromatic rings. The van der Waals surface area contributed by atoms with Gasteiger partial charge < -0.3 is 25.1 Å². The van der Waals surface area contributed by atoms with Crippen LogP contribution in [0.15, 0.2) is 34.7 Å². The molecule has 1 aromatic heterocycles. The van der Waals surface area contributed by atoms with Crippen LogP contribution in [0.3, 0.4) is 0 Å². The zero-order valence-corrected chi connectivity index (χ0v) is 14.8. The molecule has 7 nitrogen and oxygen atoms in total. The Balaban J connectivity index is 1.90. The normalized spacial score (nSPS) is 11.7. The van der Waals surface area contributed by atoms with E-state index >= 15 is 0 Å². The van der Waals surface area contributed by atoms with Gasteiger partial charge >= 0.3 is 6.03 Å². The van der Waals surface area contributed by atoms with Gasteiger partial charge in [-0.2, -0.15) is 0 Å². The van der Waals surface area contributed by atoms with Crippen molar-refractivity contribution in [3.8, 4) is 0 Å². The van der Waals surface area contributed by atoms with Crippen molar-refractivity contribution in [1.82, 2.24) is 5.32 Å². The Labute approximate surface area is 146 Å². The highest BCUT2D eigenvalue weighted by atomic mass is 16.5. The first-order valence-electron chi connectivity index (χ1n) is 7.92. The second-order valence-electron chi connectivity index (χ2n) is 5.75. The molecule has 134 valence electrons. The topological polar surface area (TPSA) is 92.6 Å². The number of ether oxygens (including phenoxy) is 1. The summed E-state index contributed by atoms with van der Waals surface area (Å²) < 4.78 is 10.2. The molecule has 0 radical (unpaired) electrons. The van der Waals surface area contributed by atoms with E-state index in [1.165, 1.54) is 7.11 Å². The van der Waals surface area contributed by atoms with Crippen molar-refractivity contribution in [3.05, 3.63) is 47.4 Å². The molecule has 0 aliphatic heterocycles. The summed E-state index contributed by atoms with van der Waals surface area (Å²) in [5, 5.41) is 8.31. The lowest BCUT2D eigenvalue weighted by Gasteiger charge is -2.14. The summed E-state index contributed by atoms with van der Waals surface area (Å²) in [6, 6.07) is 8.25. The van der Waals surface area contributed by atoms with Crippen molar-refractivity contribution in [2.24, 2.45) is 0 Å². The highest BCUT2D eigenvalue weighted by molar-refractivity contribution is 5.93. The predicted molar refractivity (Wildman–Crippen MR) is 95.7 cm³/mol. The average molecular weight is 345 g/mol. The van der Waals surface area contributed by atoms with E-state index < -0.39 is 0 Å². The zero-order chi connectivity index (χ0) is 18.4. The summed E-state index contributed by atoms with van der Waals surface area (Å²) in [7, 11) is 1.46. The third-order valence-corrected chi connectivity index (χ3v) is 3.60. The standard InChI is InChI=1S/C18H23N3O4/c1-11-9-16(13(3)25-11)12(2)19-18(23)21-15-7-5-14(6-8-15)20-17(22)10-24-4/h5-9,12H,10H2,1-4H3,(H,20,22)(H2,19,21,23). The summed E-state index contributed by atoms with van der Waals surface area (Å²) in [5.74, 6) is 1.37. The fraction of sp³-hybridized carbons (Fsp3) is 0.333. The molecule has 2 rings (SSSR count). The molecule has 3 N–H and O–H groups in total. The number of urea groups is 1. The predicted octanol–water partition coefficient (Wildman–Crippen LogP) is 3.36. The van der Waals surface area contributed by atoms with Crippen LogP contribution < -0.4 is 16.0 Å². The molecule has 25 heavy (non-hydrogen) atoms. The number of rotatable bonds is 6. The maximum absolute atomic E-state index is 12.1. The Morgan fingerprint density at radius 2 is 1.72 bits per heavy atom. The Kier molecular flexibility index (Phi) is 6.19. The Bertz CT molecular complexity index is 737. The smallest absolute Gasteiger partial charge is 0.319 e. The molecule has 1 heterocycles. The SMILES string of the molecule is COCC(=O)Nc1ccc(NC(=O)NC(C)c2cc(C)oc2C)cc1. The second kappa shape index (κ2) is 8.34. The molecule has 0 saturated heterocycles. The lowest BCUT2D eigenvalue weighted by atomic mass is 10.1. The van der Waals surface area contributed by atoms with Crippen LogP contribution in [0.25, 0.3) is 0 Å². The van der Waals surface area contributed by atoms with E-state index in [2.05, 4.69) is 16.0 Å². The van der Waals surface area contributed by atoms with Gasteiger partial charge in [0.25, 0.3) is 0 Å². The van der Waals surface area contributed by atoms with E-state index in [0.717, 1.165) is 17.1 Å². The van der Waals surface area contributed by atoms with Gasteiger partial charge in [-0.3, -0.25) is 4.79 Å². The van der Waals surface area contributed by atoms with Crippen molar-refractivity contribution >= 4 is 23.3 Å². The molecular weight excluding hydrogens is 322 g/mol. The average Bonchev–Trinajstić information content (AvgIpc) is 2.88. The first-order valence-corrected chi connectivity index (χ1v) is 7.92. The van der Waals surface area contributed by atoms with Crippen molar-refractivity contribution in [2.75, 3.05) is 24.4 Å². The van der Waals surface area contributed by atoms with Crippen LogP contribution in [0.2, 0.25) is 0 Å². The zero-order valence-electron chi connectivity index (χ0n) is 14.8. The van der Waals surface area contributed by atoms with E-state index in [-0.39, 0.29) is 24.6 Å². The van der Waals surface area contributed by atoms with Gasteiger partial charge in [-0.1, -0.05) is 0 Å². The van der Waals surface area contributed by atoms with Gasteiger partial charge in [0.2, 0.25) is 5.91 Å². The molecule has 0 aliphatic rings. The van der Waals surface area contributed by atoms with Crippen LogP contribution in [0.5, 0.6) is 0 Å². The van der Waals surface area contributed by atoms with Gasteiger partial charge in [0, 0.05) is 24.0 Å². The number of aryl methyl sites for hydroxylation is 2. The highest BCUT2D eigenvalue weighted by Gasteiger charge is 2.15. The number of carbonyl (C=O) groups excluding carboxylic acids is 2. The van der Waals surface area contributed by atoms with Crippen LogP contribution in [-0.4, -0.2) is 25.7 Å². The molecule has 0 fully saturated rings. The van der Waals surface area contributed by atoms with Crippen LogP contribution in [0, 0.1) is 13.8 Å². The largest absolute Gasteiger partial charge is 0.466 e. The first-order chi connectivity index (χ1) is 11.9. The molecule has 7 heteroatoms. The number of methoxy groups -OCH3 is 1. The monoisotopic (exact) mass is 345 g/mol. The number of amides is 3. The molecular formula is C18H23N3O4. The number of carbonyl (C=O) groups is 2. The Hall–Kier alpha value is -2.80. The lowest BCUT2D eigenvalue weighted by Crippen LogP contribution is -2.31. The maximum atomic E-state index is 12.1. The van der Waals surface area contributed by atoms with Gasteiger partial charge in [0.05, 0.1) is 6.04 Å². The Morgan fingerprint density at radius 3 is 2.24 bits per heavy atom. The van der Waals surface area contributed by atoms with Gasteiger partial charge in [-0.15, -0.1) is 0 Å². The number of nitrogens with one attached hydrogen (secondary N) is 3. The fourth-order valence-corrected chi connectivity index (χ4v) is 2.49. The number of furan rings is 1. The van der Waals surface area contributed by atoms with E-state index in [0.29, 0.717) is 11.4 Å². The minimum Gasteiger partial charge on any atom is -0.466 e. The number of benzene rings is 1. The lowest BCUT2D eigenvalue weighted by molar-refractivity contribution is -0.119. The number of anilines is 2. The van der Waals surface area contributed by atoms with E-state index in [1.807, 2.05) is 26.8 Å². The van der Waals surface area contributed by atoms with Crippen molar-refractivity contribution in [1.29, 1.82) is 0 Å². The van der Waals surface area contributed by atoms with Crippen molar-refractivity contribution < 1.29 is 18.7 Å². The minimum atomic E-state index is -0.318. The van der Waals surface area contributed by atoms with Gasteiger partial charge in [-0.25, -0.2) is 4.79 Å². The van der Waals surface area contributed by atoms with Gasteiger partial charge in [0.1, 0.15) is 18.1 Å². The summed E-state index contributed by atoms with van der Waals surface area (Å²) in [6.07, 6.45) is 0. The first kappa shape index (κ1) is 18.5. The molecule has 1 atom stereocenters. The number of hydrogen-bond donors (Lipinski definition) is 3. The Morgan fingerprint density at radius 1 is 1.12 bits per heavy atom. The molecule has 0 spiro atoms. The van der Waals surface area contributed by atoms with Crippen LogP contribution >= 0.6 is 0 Å². The van der Waals surface area contributed by atoms with E-state index in [9.17, 15) is 9.59 Å². The van der Waals surface area contributed by atoms with Crippen molar-refractivity contribution in [2.45, 2.75) is 26.8 Å². The summed E-state index contributed by atoms with van der Waals surface area (Å²) >= 11 is 0. The van der Waals surface area contributed by atoms with E-state index in [1.54, 1.807) is 24.3 Å². The molecule has 0 saturated carbocycles. The van der Waals surface area contributed by atoms with Crippen LogP contribution in [-0.2, 0) is 9.53 Å². The fourth-order valence-electron chi connectivity index (χ4n) is 2.49. The molecule has 0 bridgehead atoms. The third-order valence-electron chi connectivity index (χ3n) is 3.60. The van der Waals surface area contributed by atoms with E-state index in [4.69, 9.17) is 9.15 Å². The summed E-state index contributed by atoms with van der Waals surface area (Å²) in [5.41, 5.74) is 2.20.